The molecular weight excluding hydrogens is 224 g/mol. The maximum Gasteiger partial charge on any atom is 0.263 e. The van der Waals surface area contributed by atoms with Crippen molar-refractivity contribution in [3.8, 4) is 0 Å². The highest BCUT2D eigenvalue weighted by molar-refractivity contribution is 7.12. The molecule has 0 saturated heterocycles. The van der Waals surface area contributed by atoms with Crippen LogP contribution in [-0.2, 0) is 4.74 Å². The number of nitrogens with one attached hydrogen (secondary N) is 1. The number of rotatable bonds is 7. The van der Waals surface area contributed by atoms with Gasteiger partial charge in [0.15, 0.2) is 0 Å². The number of hydrogen-bond acceptors (Lipinski definition) is 4. The fourth-order valence-corrected chi connectivity index (χ4v) is 1.94. The second-order valence-corrected chi connectivity index (χ2v) is 4.34. The van der Waals surface area contributed by atoms with Gasteiger partial charge in [0.1, 0.15) is 4.88 Å². The van der Waals surface area contributed by atoms with E-state index in [0.717, 1.165) is 19.4 Å². The van der Waals surface area contributed by atoms with Crippen molar-refractivity contribution in [1.82, 2.24) is 5.32 Å². The van der Waals surface area contributed by atoms with Crippen LogP contribution in [0.4, 0.5) is 5.69 Å². The second-order valence-electron chi connectivity index (χ2n) is 3.43. The largest absolute Gasteiger partial charge is 0.397 e. The Morgan fingerprint density at radius 2 is 2.38 bits per heavy atom. The number of thiophene rings is 1. The van der Waals surface area contributed by atoms with Crippen molar-refractivity contribution in [2.45, 2.75) is 19.8 Å². The van der Waals surface area contributed by atoms with Gasteiger partial charge in [0.05, 0.1) is 5.69 Å². The summed E-state index contributed by atoms with van der Waals surface area (Å²) >= 11 is 1.36. The fourth-order valence-electron chi connectivity index (χ4n) is 1.21. The molecule has 4 nitrogen and oxygen atoms in total. The van der Waals surface area contributed by atoms with Gasteiger partial charge in [0.25, 0.3) is 5.91 Å². The van der Waals surface area contributed by atoms with Crippen LogP contribution in [0.1, 0.15) is 29.4 Å². The minimum absolute atomic E-state index is 0.0945. The van der Waals surface area contributed by atoms with E-state index in [2.05, 4.69) is 12.2 Å². The normalized spacial score (nSPS) is 10.3. The number of amides is 1. The maximum absolute atomic E-state index is 11.6. The molecule has 1 rings (SSSR count). The molecule has 5 heteroatoms. The lowest BCUT2D eigenvalue weighted by molar-refractivity contribution is 0.0946. The first-order valence-electron chi connectivity index (χ1n) is 5.44. The highest BCUT2D eigenvalue weighted by atomic mass is 32.1. The Hall–Kier alpha value is -1.07. The van der Waals surface area contributed by atoms with Crippen LogP contribution >= 0.6 is 11.3 Å². The van der Waals surface area contributed by atoms with Gasteiger partial charge in [-0.3, -0.25) is 4.79 Å². The molecule has 0 aliphatic rings. The molecule has 0 fully saturated rings. The topological polar surface area (TPSA) is 64.3 Å². The van der Waals surface area contributed by atoms with Crippen molar-refractivity contribution in [3.05, 3.63) is 16.3 Å². The van der Waals surface area contributed by atoms with Gasteiger partial charge in [-0.1, -0.05) is 6.92 Å². The molecule has 0 radical (unpaired) electrons. The summed E-state index contributed by atoms with van der Waals surface area (Å²) in [5, 5.41) is 4.63. The van der Waals surface area contributed by atoms with Gasteiger partial charge >= 0.3 is 0 Å². The van der Waals surface area contributed by atoms with Crippen LogP contribution < -0.4 is 11.1 Å². The third-order valence-corrected chi connectivity index (χ3v) is 2.93. The first-order valence-corrected chi connectivity index (χ1v) is 6.32. The predicted molar refractivity (Wildman–Crippen MR) is 66.8 cm³/mol. The highest BCUT2D eigenvalue weighted by Crippen LogP contribution is 2.17. The lowest BCUT2D eigenvalue weighted by atomic mass is 10.3. The first-order chi connectivity index (χ1) is 7.75. The molecular formula is C11H18N2O2S. The monoisotopic (exact) mass is 242 g/mol. The van der Waals surface area contributed by atoms with E-state index in [0.29, 0.717) is 23.7 Å². The molecule has 0 aromatic carbocycles. The van der Waals surface area contributed by atoms with Crippen LogP contribution in [0, 0.1) is 0 Å². The molecule has 0 aliphatic heterocycles. The van der Waals surface area contributed by atoms with Gasteiger partial charge in [0.2, 0.25) is 0 Å². The molecule has 1 aromatic heterocycles. The van der Waals surface area contributed by atoms with E-state index < -0.39 is 0 Å². The average molecular weight is 242 g/mol. The van der Waals surface area contributed by atoms with Crippen LogP contribution in [0.25, 0.3) is 0 Å². The smallest absolute Gasteiger partial charge is 0.263 e. The van der Waals surface area contributed by atoms with Gasteiger partial charge in [0, 0.05) is 19.8 Å². The molecule has 0 aliphatic carbocycles. The zero-order chi connectivity index (χ0) is 11.8. The molecule has 1 amide bonds. The standard InChI is InChI=1S/C11H18N2O2S/c1-2-6-15-7-3-5-13-11(14)10-9(12)4-8-16-10/h4,8H,2-3,5-7,12H2,1H3,(H,13,14). The molecule has 0 unspecified atom stereocenters. The van der Waals surface area contributed by atoms with Crippen molar-refractivity contribution in [1.29, 1.82) is 0 Å². The van der Waals surface area contributed by atoms with Crippen molar-refractivity contribution in [3.63, 3.8) is 0 Å². The number of hydrogen-bond donors (Lipinski definition) is 2. The Kier molecular flexibility index (Phi) is 5.88. The Morgan fingerprint density at radius 1 is 1.56 bits per heavy atom. The third-order valence-electron chi connectivity index (χ3n) is 2.00. The van der Waals surface area contributed by atoms with Crippen molar-refractivity contribution in [2.24, 2.45) is 0 Å². The summed E-state index contributed by atoms with van der Waals surface area (Å²) in [4.78, 5) is 12.2. The zero-order valence-corrected chi connectivity index (χ0v) is 10.3. The number of nitrogens with two attached hydrogens (primary N) is 1. The van der Waals surface area contributed by atoms with Crippen molar-refractivity contribution in [2.75, 3.05) is 25.5 Å². The van der Waals surface area contributed by atoms with Gasteiger partial charge in [-0.15, -0.1) is 11.3 Å². The van der Waals surface area contributed by atoms with E-state index in [4.69, 9.17) is 10.5 Å². The van der Waals surface area contributed by atoms with Crippen LogP contribution in [0.5, 0.6) is 0 Å². The summed E-state index contributed by atoms with van der Waals surface area (Å²) in [6.07, 6.45) is 1.86. The lowest BCUT2D eigenvalue weighted by Gasteiger charge is -2.05. The SMILES string of the molecule is CCCOCCCNC(=O)c1sccc1N. The van der Waals surface area contributed by atoms with Crippen molar-refractivity contribution >= 4 is 22.9 Å². The Bertz CT molecular complexity index is 326. The Morgan fingerprint density at radius 3 is 3.00 bits per heavy atom. The van der Waals surface area contributed by atoms with E-state index in [1.165, 1.54) is 11.3 Å². The van der Waals surface area contributed by atoms with Gasteiger partial charge in [-0.05, 0) is 24.3 Å². The summed E-state index contributed by atoms with van der Waals surface area (Å²) in [7, 11) is 0. The second kappa shape index (κ2) is 7.24. The molecule has 16 heavy (non-hydrogen) atoms. The molecule has 0 spiro atoms. The lowest BCUT2D eigenvalue weighted by Crippen LogP contribution is -2.25. The van der Waals surface area contributed by atoms with Crippen LogP contribution in [0.15, 0.2) is 11.4 Å². The maximum atomic E-state index is 11.6. The Labute approximate surface area is 99.8 Å². The average Bonchev–Trinajstić information content (AvgIpc) is 2.69. The quantitative estimate of drug-likeness (QED) is 0.717. The van der Waals surface area contributed by atoms with E-state index in [9.17, 15) is 4.79 Å². The number of anilines is 1. The number of carbonyl (C=O) groups excluding carboxylic acids is 1. The summed E-state index contributed by atoms with van der Waals surface area (Å²) in [5.41, 5.74) is 6.18. The van der Waals surface area contributed by atoms with Gasteiger partial charge < -0.3 is 15.8 Å². The number of carbonyl (C=O) groups is 1. The minimum Gasteiger partial charge on any atom is -0.397 e. The molecule has 0 atom stereocenters. The summed E-state index contributed by atoms with van der Waals surface area (Å²) in [5.74, 6) is -0.0945. The van der Waals surface area contributed by atoms with Crippen molar-refractivity contribution < 1.29 is 9.53 Å². The van der Waals surface area contributed by atoms with Gasteiger partial charge in [-0.2, -0.15) is 0 Å². The van der Waals surface area contributed by atoms with Crippen LogP contribution in [0.2, 0.25) is 0 Å². The van der Waals surface area contributed by atoms with Crippen LogP contribution in [0.3, 0.4) is 0 Å². The molecule has 1 aromatic rings. The highest BCUT2D eigenvalue weighted by Gasteiger charge is 2.09. The molecule has 0 saturated carbocycles. The zero-order valence-electron chi connectivity index (χ0n) is 9.49. The van der Waals surface area contributed by atoms with E-state index in [-0.39, 0.29) is 5.91 Å². The molecule has 3 N–H and O–H groups in total. The third kappa shape index (κ3) is 4.20. The summed E-state index contributed by atoms with van der Waals surface area (Å²) in [6, 6.07) is 1.74. The molecule has 0 bridgehead atoms. The van der Waals surface area contributed by atoms with E-state index in [1.807, 2.05) is 5.38 Å². The summed E-state index contributed by atoms with van der Waals surface area (Å²) < 4.78 is 5.31. The number of ether oxygens (including phenoxy) is 1. The number of nitrogen functional groups attached to an aromatic ring is 1. The summed E-state index contributed by atoms with van der Waals surface area (Å²) in [6.45, 7) is 4.17. The van der Waals surface area contributed by atoms with Gasteiger partial charge in [-0.25, -0.2) is 0 Å². The first kappa shape index (κ1) is 13.0. The molecule has 1 heterocycles. The minimum atomic E-state index is -0.0945. The van der Waals surface area contributed by atoms with E-state index in [1.54, 1.807) is 6.07 Å². The van der Waals surface area contributed by atoms with E-state index >= 15 is 0 Å². The fraction of sp³-hybridized carbons (Fsp3) is 0.545. The Balaban J connectivity index is 2.14. The predicted octanol–water partition coefficient (Wildman–Crippen LogP) is 1.88. The van der Waals surface area contributed by atoms with Crippen LogP contribution in [-0.4, -0.2) is 25.7 Å². The molecule has 90 valence electrons.